The van der Waals surface area contributed by atoms with E-state index in [1.807, 2.05) is 13.8 Å². The van der Waals surface area contributed by atoms with Gasteiger partial charge in [-0.25, -0.2) is 12.7 Å². The number of benzene rings is 1. The molecule has 16 heavy (non-hydrogen) atoms. The highest BCUT2D eigenvalue weighted by atomic mass is 32.2. The van der Waals surface area contributed by atoms with Crippen molar-refractivity contribution in [1.29, 1.82) is 0 Å². The van der Waals surface area contributed by atoms with E-state index in [1.54, 1.807) is 19.2 Å². The van der Waals surface area contributed by atoms with Gasteiger partial charge in [-0.05, 0) is 31.0 Å². The van der Waals surface area contributed by atoms with E-state index in [0.29, 0.717) is 12.2 Å². The predicted octanol–water partition coefficient (Wildman–Crippen LogP) is 1.61. The zero-order valence-corrected chi connectivity index (χ0v) is 10.7. The summed E-state index contributed by atoms with van der Waals surface area (Å²) in [5.41, 5.74) is 7.10. The Hall–Kier alpha value is -1.07. The maximum absolute atomic E-state index is 12.1. The molecule has 0 bridgehead atoms. The molecule has 90 valence electrons. The predicted molar refractivity (Wildman–Crippen MR) is 65.7 cm³/mol. The number of sulfonamides is 1. The van der Waals surface area contributed by atoms with Crippen molar-refractivity contribution in [3.05, 3.63) is 23.8 Å². The van der Waals surface area contributed by atoms with Gasteiger partial charge in [-0.2, -0.15) is 0 Å². The molecule has 1 rings (SSSR count). The molecule has 0 atom stereocenters. The Morgan fingerprint density at radius 3 is 2.50 bits per heavy atom. The number of anilines is 1. The molecule has 0 heterocycles. The summed E-state index contributed by atoms with van der Waals surface area (Å²) in [5.74, 6) is 0. The van der Waals surface area contributed by atoms with Crippen LogP contribution in [0.3, 0.4) is 0 Å². The minimum atomic E-state index is -3.39. The Morgan fingerprint density at radius 2 is 2.00 bits per heavy atom. The zero-order valence-electron chi connectivity index (χ0n) is 9.90. The van der Waals surface area contributed by atoms with Crippen molar-refractivity contribution in [2.75, 3.05) is 19.3 Å². The smallest absolute Gasteiger partial charge is 0.242 e. The second-order valence-electron chi connectivity index (χ2n) is 3.84. The van der Waals surface area contributed by atoms with E-state index < -0.39 is 10.0 Å². The van der Waals surface area contributed by atoms with Gasteiger partial charge in [0.2, 0.25) is 10.0 Å². The van der Waals surface area contributed by atoms with Gasteiger partial charge in [0, 0.05) is 19.3 Å². The lowest BCUT2D eigenvalue weighted by atomic mass is 10.2. The summed E-state index contributed by atoms with van der Waals surface area (Å²) in [4.78, 5) is 0.256. The normalized spacial score (nSPS) is 12.0. The monoisotopic (exact) mass is 242 g/mol. The van der Waals surface area contributed by atoms with Crippen LogP contribution in [0.5, 0.6) is 0 Å². The first-order valence-electron chi connectivity index (χ1n) is 5.22. The van der Waals surface area contributed by atoms with Crippen LogP contribution in [0.2, 0.25) is 0 Å². The van der Waals surface area contributed by atoms with Crippen LogP contribution in [0.4, 0.5) is 5.69 Å². The van der Waals surface area contributed by atoms with Crippen molar-refractivity contribution in [2.45, 2.75) is 25.2 Å². The van der Waals surface area contributed by atoms with E-state index in [0.717, 1.165) is 12.0 Å². The quantitative estimate of drug-likeness (QED) is 0.816. The molecule has 5 heteroatoms. The minimum Gasteiger partial charge on any atom is -0.398 e. The molecule has 0 radical (unpaired) electrons. The molecule has 0 fully saturated rings. The Bertz CT molecular complexity index is 469. The van der Waals surface area contributed by atoms with Crippen LogP contribution in [0.25, 0.3) is 0 Å². The third kappa shape index (κ3) is 2.54. The van der Waals surface area contributed by atoms with Crippen molar-refractivity contribution < 1.29 is 8.42 Å². The maximum atomic E-state index is 12.1. The molecule has 0 aliphatic rings. The van der Waals surface area contributed by atoms with Crippen LogP contribution < -0.4 is 5.73 Å². The van der Waals surface area contributed by atoms with Crippen LogP contribution in [0, 0.1) is 6.92 Å². The van der Waals surface area contributed by atoms with Crippen molar-refractivity contribution in [2.24, 2.45) is 0 Å². The Balaban J connectivity index is 3.12. The number of hydrogen-bond donors (Lipinski definition) is 1. The zero-order chi connectivity index (χ0) is 12.3. The van der Waals surface area contributed by atoms with Gasteiger partial charge in [0.25, 0.3) is 0 Å². The van der Waals surface area contributed by atoms with Crippen LogP contribution in [0.15, 0.2) is 23.1 Å². The largest absolute Gasteiger partial charge is 0.398 e. The van der Waals surface area contributed by atoms with Gasteiger partial charge in [-0.15, -0.1) is 0 Å². The van der Waals surface area contributed by atoms with E-state index in [1.165, 1.54) is 10.4 Å². The lowest BCUT2D eigenvalue weighted by molar-refractivity contribution is 0.468. The van der Waals surface area contributed by atoms with Crippen molar-refractivity contribution >= 4 is 15.7 Å². The van der Waals surface area contributed by atoms with E-state index in [-0.39, 0.29) is 4.90 Å². The highest BCUT2D eigenvalue weighted by Gasteiger charge is 2.20. The van der Waals surface area contributed by atoms with E-state index in [2.05, 4.69) is 0 Å². The molecule has 0 aliphatic heterocycles. The first-order chi connectivity index (χ1) is 7.39. The van der Waals surface area contributed by atoms with E-state index >= 15 is 0 Å². The molecule has 0 aliphatic carbocycles. The van der Waals surface area contributed by atoms with Gasteiger partial charge in [-0.3, -0.25) is 0 Å². The Kier molecular flexibility index (Phi) is 3.93. The summed E-state index contributed by atoms with van der Waals surface area (Å²) >= 11 is 0. The lowest BCUT2D eigenvalue weighted by Gasteiger charge is -2.16. The van der Waals surface area contributed by atoms with Gasteiger partial charge in [0.05, 0.1) is 4.90 Å². The minimum absolute atomic E-state index is 0.256. The van der Waals surface area contributed by atoms with Crippen molar-refractivity contribution in [3.8, 4) is 0 Å². The summed E-state index contributed by atoms with van der Waals surface area (Å²) in [6, 6.07) is 4.83. The fraction of sp³-hybridized carbons (Fsp3) is 0.455. The number of nitrogens with zero attached hydrogens (tertiary/aromatic N) is 1. The van der Waals surface area contributed by atoms with Crippen molar-refractivity contribution in [3.63, 3.8) is 0 Å². The summed E-state index contributed by atoms with van der Waals surface area (Å²) in [6.07, 6.45) is 0.789. The number of nitrogen functional groups attached to an aromatic ring is 1. The number of aryl methyl sites for hydroxylation is 1. The summed E-state index contributed by atoms with van der Waals surface area (Å²) in [6.45, 7) is 4.30. The Labute approximate surface area is 97.1 Å². The molecule has 0 aromatic heterocycles. The second-order valence-corrected chi connectivity index (χ2v) is 5.89. The molecule has 0 unspecified atom stereocenters. The molecule has 0 spiro atoms. The molecule has 0 amide bonds. The summed E-state index contributed by atoms with van der Waals surface area (Å²) < 4.78 is 25.5. The molecule has 0 saturated carbocycles. The fourth-order valence-electron chi connectivity index (χ4n) is 1.39. The maximum Gasteiger partial charge on any atom is 0.242 e. The molecular formula is C11H18N2O2S. The van der Waals surface area contributed by atoms with Crippen LogP contribution >= 0.6 is 0 Å². The molecule has 1 aromatic rings. The van der Waals surface area contributed by atoms with Crippen LogP contribution in [0.1, 0.15) is 18.9 Å². The van der Waals surface area contributed by atoms with E-state index in [9.17, 15) is 8.42 Å². The second kappa shape index (κ2) is 4.84. The van der Waals surface area contributed by atoms with Gasteiger partial charge < -0.3 is 5.73 Å². The third-order valence-electron chi connectivity index (χ3n) is 2.50. The number of hydrogen-bond acceptors (Lipinski definition) is 3. The van der Waals surface area contributed by atoms with Crippen LogP contribution in [-0.4, -0.2) is 26.3 Å². The lowest BCUT2D eigenvalue weighted by Crippen LogP contribution is -2.27. The van der Waals surface area contributed by atoms with Crippen LogP contribution in [-0.2, 0) is 10.0 Å². The summed E-state index contributed by atoms with van der Waals surface area (Å²) in [5, 5.41) is 0. The molecule has 4 nitrogen and oxygen atoms in total. The van der Waals surface area contributed by atoms with E-state index in [4.69, 9.17) is 5.73 Å². The van der Waals surface area contributed by atoms with Crippen molar-refractivity contribution in [1.82, 2.24) is 4.31 Å². The number of rotatable bonds is 4. The first-order valence-corrected chi connectivity index (χ1v) is 6.66. The third-order valence-corrected chi connectivity index (χ3v) is 4.35. The number of nitrogens with two attached hydrogens (primary N) is 1. The molecule has 2 N–H and O–H groups in total. The first kappa shape index (κ1) is 13.0. The Morgan fingerprint density at radius 1 is 1.38 bits per heavy atom. The summed E-state index contributed by atoms with van der Waals surface area (Å²) in [7, 11) is -1.81. The highest BCUT2D eigenvalue weighted by Crippen LogP contribution is 2.19. The highest BCUT2D eigenvalue weighted by molar-refractivity contribution is 7.89. The molecule has 0 saturated heterocycles. The average molecular weight is 242 g/mol. The average Bonchev–Trinajstić information content (AvgIpc) is 2.22. The van der Waals surface area contributed by atoms with Gasteiger partial charge in [-0.1, -0.05) is 13.0 Å². The molecule has 1 aromatic carbocycles. The van der Waals surface area contributed by atoms with Gasteiger partial charge in [0.1, 0.15) is 0 Å². The fourth-order valence-corrected chi connectivity index (χ4v) is 2.69. The van der Waals surface area contributed by atoms with Gasteiger partial charge in [0.15, 0.2) is 0 Å². The molecular weight excluding hydrogens is 224 g/mol. The SMILES string of the molecule is CCCN(C)S(=O)(=O)c1ccc(C)c(N)c1. The van der Waals surface area contributed by atoms with Gasteiger partial charge >= 0.3 is 0 Å². The topological polar surface area (TPSA) is 63.4 Å². The standard InChI is InChI=1S/C11H18N2O2S/c1-4-7-13(3)16(14,15)10-6-5-9(2)11(12)8-10/h5-6,8H,4,7,12H2,1-3H3.